The summed E-state index contributed by atoms with van der Waals surface area (Å²) in [5.74, 6) is -0.623. The van der Waals surface area contributed by atoms with Gasteiger partial charge in [0.25, 0.3) is 0 Å². The standard InChI is InChI=1S/C25H27N3O3/c1-28(20-7-5-17(16-29)6-8-20)21-9-10-22-18(13-21)3-2-4-19(22)14-27-24-15-26-12-11-23(24)25(30)31/h5-13,15,19,27,29H,2-4,14,16H2,1H3,(H,30,31)/t19-/m0/s1. The number of aliphatic hydroxyl groups excluding tert-OH is 1. The fourth-order valence-corrected chi connectivity index (χ4v) is 4.25. The molecule has 0 unspecified atom stereocenters. The Kier molecular flexibility index (Phi) is 6.18. The molecule has 0 spiro atoms. The van der Waals surface area contributed by atoms with Crippen LogP contribution in [0.15, 0.2) is 60.9 Å². The number of carboxylic acid groups (broad SMARTS) is 1. The lowest BCUT2D eigenvalue weighted by Gasteiger charge is -2.28. The third-order valence-electron chi connectivity index (χ3n) is 6.05. The van der Waals surface area contributed by atoms with Gasteiger partial charge >= 0.3 is 5.97 Å². The first kappa shape index (κ1) is 20.9. The number of benzene rings is 2. The number of nitrogens with zero attached hydrogens (tertiary/aromatic N) is 2. The molecule has 1 aliphatic carbocycles. The van der Waals surface area contributed by atoms with Gasteiger partial charge in [-0.05, 0) is 66.3 Å². The Bertz CT molecular complexity index is 1070. The second kappa shape index (κ2) is 9.18. The molecule has 0 radical (unpaired) electrons. The Morgan fingerprint density at radius 1 is 1.16 bits per heavy atom. The summed E-state index contributed by atoms with van der Waals surface area (Å²) in [6.07, 6.45) is 6.30. The summed E-state index contributed by atoms with van der Waals surface area (Å²) in [5.41, 5.74) is 6.58. The smallest absolute Gasteiger partial charge is 0.337 e. The first-order chi connectivity index (χ1) is 15.1. The van der Waals surface area contributed by atoms with Crippen LogP contribution in [0.1, 0.15) is 45.8 Å². The number of anilines is 3. The summed E-state index contributed by atoms with van der Waals surface area (Å²) in [4.78, 5) is 17.7. The summed E-state index contributed by atoms with van der Waals surface area (Å²) in [6, 6.07) is 16.0. The third kappa shape index (κ3) is 4.54. The monoisotopic (exact) mass is 417 g/mol. The van der Waals surface area contributed by atoms with Crippen LogP contribution in [-0.2, 0) is 13.0 Å². The maximum absolute atomic E-state index is 11.4. The molecule has 3 aromatic rings. The third-order valence-corrected chi connectivity index (χ3v) is 6.05. The molecule has 1 atom stereocenters. The minimum absolute atomic E-state index is 0.0469. The molecule has 6 nitrogen and oxygen atoms in total. The van der Waals surface area contributed by atoms with Crippen molar-refractivity contribution in [1.29, 1.82) is 0 Å². The zero-order valence-electron chi connectivity index (χ0n) is 17.6. The average molecular weight is 418 g/mol. The first-order valence-electron chi connectivity index (χ1n) is 10.5. The van der Waals surface area contributed by atoms with E-state index in [4.69, 9.17) is 0 Å². The van der Waals surface area contributed by atoms with Crippen LogP contribution in [0.3, 0.4) is 0 Å². The molecule has 1 aliphatic rings. The highest BCUT2D eigenvalue weighted by atomic mass is 16.4. The second-order valence-corrected chi connectivity index (χ2v) is 7.96. The topological polar surface area (TPSA) is 85.7 Å². The quantitative estimate of drug-likeness (QED) is 0.522. The second-order valence-electron chi connectivity index (χ2n) is 7.96. The van der Waals surface area contributed by atoms with Crippen molar-refractivity contribution in [2.75, 3.05) is 23.8 Å². The number of carboxylic acids is 1. The van der Waals surface area contributed by atoms with Gasteiger partial charge in [-0.25, -0.2) is 4.79 Å². The highest BCUT2D eigenvalue weighted by Gasteiger charge is 2.22. The molecular weight excluding hydrogens is 390 g/mol. The fourth-order valence-electron chi connectivity index (χ4n) is 4.25. The number of aryl methyl sites for hydroxylation is 1. The zero-order chi connectivity index (χ0) is 21.8. The number of fused-ring (bicyclic) bond motifs is 1. The molecule has 0 amide bonds. The van der Waals surface area contributed by atoms with E-state index in [1.807, 2.05) is 31.3 Å². The van der Waals surface area contributed by atoms with Crippen molar-refractivity contribution < 1.29 is 15.0 Å². The number of aliphatic hydroxyl groups is 1. The van der Waals surface area contributed by atoms with E-state index in [1.165, 1.54) is 23.4 Å². The Hall–Kier alpha value is -3.38. The van der Waals surface area contributed by atoms with E-state index >= 15 is 0 Å². The Balaban J connectivity index is 1.51. The molecule has 0 saturated heterocycles. The number of carbonyl (C=O) groups is 1. The number of nitrogens with one attached hydrogen (secondary N) is 1. The van der Waals surface area contributed by atoms with Crippen LogP contribution in [0, 0.1) is 0 Å². The van der Waals surface area contributed by atoms with Crippen molar-refractivity contribution in [2.24, 2.45) is 0 Å². The molecule has 31 heavy (non-hydrogen) atoms. The molecule has 0 fully saturated rings. The Morgan fingerprint density at radius 2 is 1.94 bits per heavy atom. The van der Waals surface area contributed by atoms with Crippen molar-refractivity contribution in [3.63, 3.8) is 0 Å². The number of hydrogen-bond acceptors (Lipinski definition) is 5. The predicted octanol–water partition coefficient (Wildman–Crippen LogP) is 4.57. The van der Waals surface area contributed by atoms with Crippen LogP contribution < -0.4 is 10.2 Å². The molecule has 1 aromatic heterocycles. The number of pyridine rings is 1. The van der Waals surface area contributed by atoms with Gasteiger partial charge in [-0.3, -0.25) is 4.98 Å². The van der Waals surface area contributed by atoms with Crippen LogP contribution in [0.2, 0.25) is 0 Å². The van der Waals surface area contributed by atoms with Gasteiger partial charge in [0, 0.05) is 37.1 Å². The van der Waals surface area contributed by atoms with Gasteiger partial charge in [-0.1, -0.05) is 18.2 Å². The normalized spacial score (nSPS) is 15.2. The number of hydrogen-bond donors (Lipinski definition) is 3. The minimum Gasteiger partial charge on any atom is -0.478 e. The summed E-state index contributed by atoms with van der Waals surface area (Å²) in [6.45, 7) is 0.724. The summed E-state index contributed by atoms with van der Waals surface area (Å²) < 4.78 is 0. The average Bonchev–Trinajstić information content (AvgIpc) is 2.82. The molecule has 2 aromatic carbocycles. The Labute approximate surface area is 182 Å². The van der Waals surface area contributed by atoms with Crippen LogP contribution in [0.25, 0.3) is 0 Å². The highest BCUT2D eigenvalue weighted by molar-refractivity contribution is 5.93. The molecular formula is C25H27N3O3. The van der Waals surface area contributed by atoms with Crippen LogP contribution in [0.4, 0.5) is 17.1 Å². The van der Waals surface area contributed by atoms with Crippen molar-refractivity contribution >= 4 is 23.0 Å². The first-order valence-corrected chi connectivity index (χ1v) is 10.5. The van der Waals surface area contributed by atoms with E-state index in [-0.39, 0.29) is 12.2 Å². The maximum Gasteiger partial charge on any atom is 0.337 e. The number of rotatable bonds is 7. The summed E-state index contributed by atoms with van der Waals surface area (Å²) in [5, 5.41) is 21.9. The molecule has 0 bridgehead atoms. The zero-order valence-corrected chi connectivity index (χ0v) is 17.6. The van der Waals surface area contributed by atoms with Gasteiger partial charge < -0.3 is 20.4 Å². The number of aromatic carboxylic acids is 1. The summed E-state index contributed by atoms with van der Waals surface area (Å²) in [7, 11) is 2.05. The van der Waals surface area contributed by atoms with Gasteiger partial charge in [0.2, 0.25) is 0 Å². The van der Waals surface area contributed by atoms with Gasteiger partial charge in [0.1, 0.15) is 0 Å². The van der Waals surface area contributed by atoms with Crippen molar-refractivity contribution in [3.8, 4) is 0 Å². The maximum atomic E-state index is 11.4. The van der Waals surface area contributed by atoms with Gasteiger partial charge in [-0.2, -0.15) is 0 Å². The van der Waals surface area contributed by atoms with E-state index in [0.717, 1.165) is 36.2 Å². The fraction of sp³-hybridized carbons (Fsp3) is 0.280. The molecule has 0 aliphatic heterocycles. The van der Waals surface area contributed by atoms with Crippen molar-refractivity contribution in [1.82, 2.24) is 4.98 Å². The lowest BCUT2D eigenvalue weighted by atomic mass is 9.82. The lowest BCUT2D eigenvalue weighted by molar-refractivity contribution is 0.0697. The minimum atomic E-state index is -0.950. The van der Waals surface area contributed by atoms with E-state index in [9.17, 15) is 15.0 Å². The van der Waals surface area contributed by atoms with Crippen molar-refractivity contribution in [2.45, 2.75) is 31.8 Å². The van der Waals surface area contributed by atoms with E-state index in [1.54, 1.807) is 6.20 Å². The largest absolute Gasteiger partial charge is 0.478 e. The molecule has 1 heterocycles. The number of aromatic nitrogens is 1. The van der Waals surface area contributed by atoms with Crippen molar-refractivity contribution in [3.05, 3.63) is 83.2 Å². The molecule has 0 saturated carbocycles. The summed E-state index contributed by atoms with van der Waals surface area (Å²) >= 11 is 0. The van der Waals surface area contributed by atoms with Crippen LogP contribution >= 0.6 is 0 Å². The molecule has 4 rings (SSSR count). The van der Waals surface area contributed by atoms with Crippen LogP contribution in [-0.4, -0.2) is 34.8 Å². The predicted molar refractivity (Wildman–Crippen MR) is 122 cm³/mol. The van der Waals surface area contributed by atoms with E-state index in [2.05, 4.69) is 33.4 Å². The lowest BCUT2D eigenvalue weighted by Crippen LogP contribution is -2.20. The van der Waals surface area contributed by atoms with E-state index < -0.39 is 5.97 Å². The van der Waals surface area contributed by atoms with Crippen LogP contribution in [0.5, 0.6) is 0 Å². The van der Waals surface area contributed by atoms with Gasteiger partial charge in [-0.15, -0.1) is 0 Å². The Morgan fingerprint density at radius 3 is 2.68 bits per heavy atom. The van der Waals surface area contributed by atoms with Gasteiger partial charge in [0.15, 0.2) is 0 Å². The molecule has 6 heteroatoms. The van der Waals surface area contributed by atoms with E-state index in [0.29, 0.717) is 18.2 Å². The molecule has 160 valence electrons. The SMILES string of the molecule is CN(c1ccc(CO)cc1)c1ccc2c(c1)CCC[C@H]2CNc1cnccc1C(=O)O. The highest BCUT2D eigenvalue weighted by Crippen LogP contribution is 2.35. The van der Waals surface area contributed by atoms with Gasteiger partial charge in [0.05, 0.1) is 24.1 Å². The molecule has 3 N–H and O–H groups in total.